The molecule has 1 fully saturated rings. The average Bonchev–Trinajstić information content (AvgIpc) is 2.81. The number of nitrogen functional groups attached to an aromatic ring is 1. The van der Waals surface area contributed by atoms with Crippen molar-refractivity contribution in [2.75, 3.05) is 5.73 Å². The summed E-state index contributed by atoms with van der Waals surface area (Å²) in [4.78, 5) is 0. The maximum Gasteiger partial charge on any atom is 0.182 e. The molecule has 5 nitrogen and oxygen atoms in total. The zero-order valence-electron chi connectivity index (χ0n) is 10.7. The first kappa shape index (κ1) is 11.2. The van der Waals surface area contributed by atoms with E-state index in [1.54, 1.807) is 0 Å². The standard InChI is InChI=1S/C13H17N5/c1-8-3-10(6-12(14)4-8)13-15-16-17-18(13)7-11-5-9(11)2/h3-4,6,9,11H,5,7,14H2,1-2H3. The van der Waals surface area contributed by atoms with E-state index in [2.05, 4.69) is 28.5 Å². The fourth-order valence-corrected chi connectivity index (χ4v) is 2.35. The number of benzene rings is 1. The van der Waals surface area contributed by atoms with Gasteiger partial charge in [-0.15, -0.1) is 5.10 Å². The summed E-state index contributed by atoms with van der Waals surface area (Å²) in [7, 11) is 0. The van der Waals surface area contributed by atoms with Gasteiger partial charge in [0.2, 0.25) is 0 Å². The van der Waals surface area contributed by atoms with Gasteiger partial charge < -0.3 is 5.73 Å². The fourth-order valence-electron chi connectivity index (χ4n) is 2.35. The lowest BCUT2D eigenvalue weighted by molar-refractivity contribution is 0.528. The van der Waals surface area contributed by atoms with E-state index in [1.165, 1.54) is 6.42 Å². The van der Waals surface area contributed by atoms with Gasteiger partial charge in [-0.05, 0) is 59.4 Å². The van der Waals surface area contributed by atoms with E-state index in [0.29, 0.717) is 0 Å². The van der Waals surface area contributed by atoms with Gasteiger partial charge in [-0.3, -0.25) is 0 Å². The molecule has 0 aliphatic heterocycles. The first-order valence-corrected chi connectivity index (χ1v) is 6.27. The molecule has 1 aliphatic rings. The lowest BCUT2D eigenvalue weighted by Gasteiger charge is -2.06. The zero-order chi connectivity index (χ0) is 12.7. The maximum absolute atomic E-state index is 5.87. The highest BCUT2D eigenvalue weighted by atomic mass is 15.5. The number of hydrogen-bond acceptors (Lipinski definition) is 4. The number of aromatic nitrogens is 4. The highest BCUT2D eigenvalue weighted by molar-refractivity contribution is 5.62. The lowest BCUT2D eigenvalue weighted by Crippen LogP contribution is -2.05. The molecule has 0 radical (unpaired) electrons. The molecule has 3 rings (SSSR count). The molecule has 0 spiro atoms. The van der Waals surface area contributed by atoms with Gasteiger partial charge in [0, 0.05) is 17.8 Å². The van der Waals surface area contributed by atoms with Crippen LogP contribution in [0.15, 0.2) is 18.2 Å². The van der Waals surface area contributed by atoms with Gasteiger partial charge in [-0.2, -0.15) is 0 Å². The van der Waals surface area contributed by atoms with Crippen molar-refractivity contribution in [3.63, 3.8) is 0 Å². The van der Waals surface area contributed by atoms with Crippen molar-refractivity contribution >= 4 is 5.69 Å². The molecule has 1 aliphatic carbocycles. The molecular formula is C13H17N5. The summed E-state index contributed by atoms with van der Waals surface area (Å²) in [6.45, 7) is 5.19. The quantitative estimate of drug-likeness (QED) is 0.836. The van der Waals surface area contributed by atoms with Crippen LogP contribution in [0.25, 0.3) is 11.4 Å². The van der Waals surface area contributed by atoms with Crippen molar-refractivity contribution in [3.8, 4) is 11.4 Å². The maximum atomic E-state index is 5.87. The second-order valence-electron chi connectivity index (χ2n) is 5.29. The molecule has 2 aromatic rings. The van der Waals surface area contributed by atoms with Crippen LogP contribution in [-0.2, 0) is 6.54 Å². The Morgan fingerprint density at radius 1 is 1.39 bits per heavy atom. The van der Waals surface area contributed by atoms with Gasteiger partial charge in [0.05, 0.1) is 0 Å². The van der Waals surface area contributed by atoms with Crippen LogP contribution in [0.2, 0.25) is 0 Å². The number of aryl methyl sites for hydroxylation is 1. The minimum absolute atomic E-state index is 0.717. The smallest absolute Gasteiger partial charge is 0.182 e. The minimum Gasteiger partial charge on any atom is -0.399 e. The third-order valence-electron chi connectivity index (χ3n) is 3.57. The van der Waals surface area contributed by atoms with E-state index >= 15 is 0 Å². The molecule has 1 aromatic carbocycles. The van der Waals surface area contributed by atoms with Gasteiger partial charge in [0.25, 0.3) is 0 Å². The Bertz CT molecular complexity index is 554. The molecule has 2 N–H and O–H groups in total. The molecular weight excluding hydrogens is 226 g/mol. The summed E-state index contributed by atoms with van der Waals surface area (Å²) in [5.74, 6) is 2.32. The number of hydrogen-bond donors (Lipinski definition) is 1. The molecule has 1 heterocycles. The SMILES string of the molecule is Cc1cc(N)cc(-c2nnnn2CC2CC2C)c1. The first-order chi connectivity index (χ1) is 8.63. The van der Waals surface area contributed by atoms with Crippen LogP contribution in [0.1, 0.15) is 18.9 Å². The Balaban J connectivity index is 1.93. The van der Waals surface area contributed by atoms with Crippen LogP contribution in [0, 0.1) is 18.8 Å². The number of rotatable bonds is 3. The van der Waals surface area contributed by atoms with Crippen molar-refractivity contribution in [3.05, 3.63) is 23.8 Å². The van der Waals surface area contributed by atoms with E-state index in [0.717, 1.165) is 41.0 Å². The molecule has 5 heteroatoms. The summed E-state index contributed by atoms with van der Waals surface area (Å²) in [6, 6.07) is 5.93. The van der Waals surface area contributed by atoms with Gasteiger partial charge in [0.15, 0.2) is 5.82 Å². The predicted molar refractivity (Wildman–Crippen MR) is 69.7 cm³/mol. The van der Waals surface area contributed by atoms with Crippen LogP contribution >= 0.6 is 0 Å². The third kappa shape index (κ3) is 2.08. The largest absolute Gasteiger partial charge is 0.399 e. The van der Waals surface area contributed by atoms with Crippen molar-refractivity contribution in [1.29, 1.82) is 0 Å². The van der Waals surface area contributed by atoms with Gasteiger partial charge in [-0.25, -0.2) is 4.68 Å². The number of nitrogens with two attached hydrogens (primary N) is 1. The van der Waals surface area contributed by atoms with E-state index in [-0.39, 0.29) is 0 Å². The highest BCUT2D eigenvalue weighted by Crippen LogP contribution is 2.39. The molecule has 1 aromatic heterocycles. The third-order valence-corrected chi connectivity index (χ3v) is 3.57. The predicted octanol–water partition coefficient (Wildman–Crippen LogP) is 1.89. The van der Waals surface area contributed by atoms with Crippen molar-refractivity contribution < 1.29 is 0 Å². The second-order valence-corrected chi connectivity index (χ2v) is 5.29. The molecule has 0 saturated heterocycles. The molecule has 2 atom stereocenters. The van der Waals surface area contributed by atoms with E-state index in [4.69, 9.17) is 5.73 Å². The van der Waals surface area contributed by atoms with Crippen LogP contribution < -0.4 is 5.73 Å². The van der Waals surface area contributed by atoms with Crippen LogP contribution in [-0.4, -0.2) is 20.2 Å². The van der Waals surface area contributed by atoms with E-state index < -0.39 is 0 Å². The number of anilines is 1. The minimum atomic E-state index is 0.717. The van der Waals surface area contributed by atoms with E-state index in [1.807, 2.05) is 23.7 Å². The molecule has 2 unspecified atom stereocenters. The topological polar surface area (TPSA) is 69.6 Å². The Hall–Kier alpha value is -1.91. The van der Waals surface area contributed by atoms with Gasteiger partial charge in [0.1, 0.15) is 0 Å². The summed E-state index contributed by atoms with van der Waals surface area (Å²) in [5.41, 5.74) is 8.74. The summed E-state index contributed by atoms with van der Waals surface area (Å²) >= 11 is 0. The van der Waals surface area contributed by atoms with E-state index in [9.17, 15) is 0 Å². The zero-order valence-corrected chi connectivity index (χ0v) is 10.7. The molecule has 0 bridgehead atoms. The number of tetrazole rings is 1. The van der Waals surface area contributed by atoms with Crippen LogP contribution in [0.5, 0.6) is 0 Å². The summed E-state index contributed by atoms with van der Waals surface area (Å²) in [6.07, 6.45) is 1.27. The fraction of sp³-hybridized carbons (Fsp3) is 0.462. The summed E-state index contributed by atoms with van der Waals surface area (Å²) in [5, 5.41) is 12.0. The average molecular weight is 243 g/mol. The highest BCUT2D eigenvalue weighted by Gasteiger charge is 2.33. The molecule has 94 valence electrons. The van der Waals surface area contributed by atoms with Crippen LogP contribution in [0.4, 0.5) is 5.69 Å². The Morgan fingerprint density at radius 2 is 2.17 bits per heavy atom. The van der Waals surface area contributed by atoms with Gasteiger partial charge in [-0.1, -0.05) is 6.92 Å². The normalized spacial score (nSPS) is 22.1. The summed E-state index contributed by atoms with van der Waals surface area (Å²) < 4.78 is 1.89. The van der Waals surface area contributed by atoms with Crippen molar-refractivity contribution in [2.45, 2.75) is 26.8 Å². The van der Waals surface area contributed by atoms with Crippen molar-refractivity contribution in [2.24, 2.45) is 11.8 Å². The van der Waals surface area contributed by atoms with Gasteiger partial charge >= 0.3 is 0 Å². The Kier molecular flexibility index (Phi) is 2.54. The Labute approximate surface area is 106 Å². The van der Waals surface area contributed by atoms with Crippen molar-refractivity contribution in [1.82, 2.24) is 20.2 Å². The molecule has 0 amide bonds. The Morgan fingerprint density at radius 3 is 2.83 bits per heavy atom. The molecule has 1 saturated carbocycles. The lowest BCUT2D eigenvalue weighted by atomic mass is 10.1. The molecule has 18 heavy (non-hydrogen) atoms. The second kappa shape index (κ2) is 4.08. The monoisotopic (exact) mass is 243 g/mol. The number of nitrogens with zero attached hydrogens (tertiary/aromatic N) is 4. The first-order valence-electron chi connectivity index (χ1n) is 6.27. The van der Waals surface area contributed by atoms with Crippen LogP contribution in [0.3, 0.4) is 0 Å².